The van der Waals surface area contributed by atoms with Crippen molar-refractivity contribution < 1.29 is 95.7 Å². The smallest absolute Gasteiger partial charge is 0.656 e. The fourth-order valence-corrected chi connectivity index (χ4v) is 13.7. The third-order valence-corrected chi connectivity index (χ3v) is 19.3. The van der Waals surface area contributed by atoms with Crippen molar-refractivity contribution in [1.29, 1.82) is 0 Å². The molecular formula is C76H48Br4N4O16Zn. The second-order valence-corrected chi connectivity index (χ2v) is 26.1. The first-order chi connectivity index (χ1) is 48.2. The minimum absolute atomic E-state index is 0. The van der Waals surface area contributed by atoms with Crippen molar-refractivity contribution in [2.24, 2.45) is 0 Å². The van der Waals surface area contributed by atoms with Gasteiger partial charge in [0, 0.05) is 40.1 Å². The van der Waals surface area contributed by atoms with Gasteiger partial charge in [0.25, 0.3) is 0 Å². The molecule has 20 nitrogen and oxygen atoms in total. The molecule has 0 saturated carbocycles. The van der Waals surface area contributed by atoms with Crippen molar-refractivity contribution >= 4 is 155 Å². The van der Waals surface area contributed by atoms with Crippen LogP contribution in [0.2, 0.25) is 0 Å². The van der Waals surface area contributed by atoms with E-state index in [0.717, 1.165) is 56.9 Å². The van der Waals surface area contributed by atoms with E-state index in [4.69, 9.17) is 57.8 Å². The summed E-state index contributed by atoms with van der Waals surface area (Å²) in [5.74, 6) is -7.40. The van der Waals surface area contributed by atoms with Crippen LogP contribution in [0.15, 0.2) is 163 Å². The fourth-order valence-electron chi connectivity index (χ4n) is 12.7. The summed E-state index contributed by atoms with van der Waals surface area (Å²) >= 11 is 14.5. The van der Waals surface area contributed by atoms with Gasteiger partial charge in [-0.2, -0.15) is 0 Å². The summed E-state index contributed by atoms with van der Waals surface area (Å²) in [5.41, 5.74) is 2.66. The van der Waals surface area contributed by atoms with E-state index in [1.54, 1.807) is 97.1 Å². The summed E-state index contributed by atoms with van der Waals surface area (Å²) < 4.78 is 45.9. The first-order valence-corrected chi connectivity index (χ1v) is 33.2. The van der Waals surface area contributed by atoms with E-state index in [9.17, 15) is 38.4 Å². The van der Waals surface area contributed by atoms with Gasteiger partial charge in [0.1, 0.15) is 0 Å². The second-order valence-electron chi connectivity index (χ2n) is 22.5. The SMILES string of the molecule is COC(=O)c1cc2c(cc1C(=O)OC)-c1nc-2c(-c2ccc(Br)cc2)c2[n-]c(c(-c3ccc(Br)cc3)c3nc(c(-c4ccc(Br)cc4)c4[n-]c(c1-c1ccc(Br)cc1)c1cc(C(=O)OC)c(C(=O)OC)cc41)-c1cc(C(=O)OC)c(C(=O)OC)cc1-3)c1cc(C(=O)OC)c(C(=O)OC)cc21.[Zn+2]. The molecule has 13 rings (SSSR count). The zero-order chi connectivity index (χ0) is 70.9. The summed E-state index contributed by atoms with van der Waals surface area (Å²) in [4.78, 5) is 138. The molecule has 0 spiro atoms. The fraction of sp³-hybridized carbons (Fsp3) is 0.105. The zero-order valence-corrected chi connectivity index (χ0v) is 63.7. The Morgan fingerprint density at radius 2 is 0.426 bits per heavy atom. The van der Waals surface area contributed by atoms with Crippen LogP contribution < -0.4 is 9.97 Å². The molecular weight excluding hydrogens is 1610 g/mol. The van der Waals surface area contributed by atoms with Gasteiger partial charge in [0.2, 0.25) is 0 Å². The monoisotopic (exact) mass is 1650 g/mol. The van der Waals surface area contributed by atoms with Gasteiger partial charge >= 0.3 is 67.2 Å². The predicted molar refractivity (Wildman–Crippen MR) is 386 cm³/mol. The van der Waals surface area contributed by atoms with E-state index in [-0.39, 0.29) is 175 Å². The molecule has 1 aliphatic carbocycles. The number of esters is 8. The number of carbonyl (C=O) groups is 8. The van der Waals surface area contributed by atoms with Gasteiger partial charge in [0.15, 0.2) is 0 Å². The van der Waals surface area contributed by atoms with Gasteiger partial charge in [-0.1, -0.05) is 112 Å². The molecule has 10 aromatic rings. The van der Waals surface area contributed by atoms with Crippen LogP contribution in [0.3, 0.4) is 0 Å². The number of rotatable bonds is 12. The minimum atomic E-state index is -0.925. The van der Waals surface area contributed by atoms with E-state index >= 15 is 0 Å². The number of benzene rings is 8. The zero-order valence-electron chi connectivity index (χ0n) is 54.4. The second kappa shape index (κ2) is 28.4. The van der Waals surface area contributed by atoms with Crippen molar-refractivity contribution in [3.05, 3.63) is 208 Å². The predicted octanol–water partition coefficient (Wildman–Crippen LogP) is 16.6. The van der Waals surface area contributed by atoms with Gasteiger partial charge in [-0.15, -0.1) is 22.1 Å². The molecule has 25 heteroatoms. The van der Waals surface area contributed by atoms with E-state index in [1.165, 1.54) is 48.5 Å². The number of aromatic nitrogens is 4. The van der Waals surface area contributed by atoms with Gasteiger partial charge < -0.3 is 47.9 Å². The van der Waals surface area contributed by atoms with E-state index in [0.29, 0.717) is 40.1 Å². The number of hydrogen-bond donors (Lipinski definition) is 0. The molecule has 498 valence electrons. The Bertz CT molecular complexity index is 4940. The normalized spacial score (nSPS) is 11.2. The Labute approximate surface area is 620 Å². The van der Waals surface area contributed by atoms with Crippen molar-refractivity contribution in [2.45, 2.75) is 0 Å². The molecule has 4 heterocycles. The minimum Gasteiger partial charge on any atom is -0.656 e. The summed E-state index contributed by atoms with van der Waals surface area (Å²) in [6.45, 7) is 0. The van der Waals surface area contributed by atoms with Crippen LogP contribution in [0.4, 0.5) is 0 Å². The third kappa shape index (κ3) is 12.2. The Balaban J connectivity index is 0.00000965. The van der Waals surface area contributed by atoms with Crippen LogP contribution >= 0.6 is 63.7 Å². The standard InChI is InChI=1S/C76H50Br4N4O16.Zn/c1-93-69(85)49-25-41-42(26-50(49)70(86)94-2)62-58(34-11-19-38(78)20-12-34)64-45-29-53(73(89)97-5)54(74(90)98-6)30-46(45)66(83-64)60(36-15-23-40(80)24-16-36)68-48-32-56(76(92)100-8)55(75(91)99-7)31-47(48)67(84-68)59(35-13-21-39(79)22-14-35)65-44-28-52(72(88)96-4)51(71(87)95-3)27-43(44)63(82-65)57(61(41)81-62)33-9-17-37(77)18-10-33;/h9-32H,1-8H3,(H2,81,82,83,84,85,86,87,88,89,90,91,92);/q;+2/p-2. The summed E-state index contributed by atoms with van der Waals surface area (Å²) in [5, 5.41) is 0.890. The molecule has 0 saturated heterocycles. The van der Waals surface area contributed by atoms with E-state index in [1.807, 2.05) is 0 Å². The molecule has 0 amide bonds. The number of halogens is 4. The molecule has 2 aliphatic heterocycles. The molecule has 0 unspecified atom stereocenters. The molecule has 0 atom stereocenters. The van der Waals surface area contributed by atoms with Crippen LogP contribution in [0, 0.1) is 0 Å². The number of hydrogen-bond acceptors (Lipinski definition) is 18. The summed E-state index contributed by atoms with van der Waals surface area (Å²) in [7, 11) is 9.31. The Morgan fingerprint density at radius 1 is 0.267 bits per heavy atom. The maximum atomic E-state index is 14.4. The van der Waals surface area contributed by atoms with E-state index in [2.05, 4.69) is 63.7 Å². The maximum Gasteiger partial charge on any atom is 2.00 e. The summed E-state index contributed by atoms with van der Waals surface area (Å²) in [6, 6.07) is 40.4. The quantitative estimate of drug-likeness (QED) is 0.0625. The Hall–Kier alpha value is -10.3. The van der Waals surface area contributed by atoms with Crippen LogP contribution in [-0.2, 0) is 57.4 Å². The van der Waals surface area contributed by atoms with Crippen molar-refractivity contribution in [3.63, 3.8) is 0 Å². The number of ether oxygens (including phenoxy) is 8. The molecule has 8 aromatic carbocycles. The first-order valence-electron chi connectivity index (χ1n) is 30.0. The molecule has 0 N–H and O–H groups in total. The van der Waals surface area contributed by atoms with Gasteiger partial charge in [0.05, 0.1) is 124 Å². The van der Waals surface area contributed by atoms with Crippen LogP contribution in [0.25, 0.3) is 133 Å². The number of carbonyl (C=O) groups excluding carboxylic acids is 8. The topological polar surface area (TPSA) is 264 Å². The van der Waals surface area contributed by atoms with Crippen LogP contribution in [0.5, 0.6) is 0 Å². The molecule has 2 aromatic heterocycles. The van der Waals surface area contributed by atoms with Gasteiger partial charge in [-0.05, 0) is 163 Å². The van der Waals surface area contributed by atoms with Crippen molar-refractivity contribution in [3.8, 4) is 89.5 Å². The van der Waals surface area contributed by atoms with Gasteiger partial charge in [-0.25, -0.2) is 48.3 Å². The van der Waals surface area contributed by atoms with Crippen LogP contribution in [0.1, 0.15) is 82.9 Å². The average molecular weight is 1660 g/mol. The molecule has 0 fully saturated rings. The third-order valence-electron chi connectivity index (χ3n) is 17.2. The van der Waals surface area contributed by atoms with Crippen molar-refractivity contribution in [1.82, 2.24) is 19.9 Å². The first kappa shape index (κ1) is 70.6. The van der Waals surface area contributed by atoms with Crippen molar-refractivity contribution in [2.75, 3.05) is 56.9 Å². The Morgan fingerprint density at radius 3 is 0.584 bits per heavy atom. The number of methoxy groups -OCH3 is 8. The number of nitrogens with zero attached hydrogens (tertiary/aromatic N) is 4. The largest absolute Gasteiger partial charge is 2.00 e. The maximum absolute atomic E-state index is 14.4. The molecule has 0 radical (unpaired) electrons. The molecule has 3 aliphatic rings. The van der Waals surface area contributed by atoms with E-state index < -0.39 is 47.8 Å². The van der Waals surface area contributed by atoms with Crippen LogP contribution in [-0.4, -0.2) is 115 Å². The molecule has 8 bridgehead atoms. The average Bonchev–Trinajstić information content (AvgIpc) is 1.56. The van der Waals surface area contributed by atoms with Gasteiger partial charge in [-0.3, -0.25) is 0 Å². The summed E-state index contributed by atoms with van der Waals surface area (Å²) in [6.07, 6.45) is 0. The molecule has 101 heavy (non-hydrogen) atoms. The Kier molecular flexibility index (Phi) is 19.8.